The van der Waals surface area contributed by atoms with Crippen LogP contribution in [0.3, 0.4) is 0 Å². The van der Waals surface area contributed by atoms with E-state index in [1.165, 1.54) is 22.8 Å². The predicted molar refractivity (Wildman–Crippen MR) is 98.5 cm³/mol. The standard InChI is InChI=1S/C16H17N3O7S2/c1-15(2)9(12(24)25)19-13(26)16(17-6-20,14(19)28-15)18-10(21)8(11(22)23)7-3-4-27-5-7/h3-6,8-9,14H,1-2H3,(H,17,20)(H,18,21)(H,22,23)(H,24,25)/t8?,9-,14+,16+/m0/s1. The zero-order valence-corrected chi connectivity index (χ0v) is 16.4. The summed E-state index contributed by atoms with van der Waals surface area (Å²) in [5.41, 5.74) is -1.67. The minimum absolute atomic E-state index is 0.220. The number of carbonyl (C=O) groups excluding carboxylic acids is 3. The van der Waals surface area contributed by atoms with E-state index in [1.54, 1.807) is 19.2 Å². The lowest BCUT2D eigenvalue weighted by molar-refractivity contribution is -0.172. The first-order chi connectivity index (χ1) is 13.1. The Balaban J connectivity index is 1.93. The number of carboxylic acid groups (broad SMARTS) is 2. The van der Waals surface area contributed by atoms with Gasteiger partial charge in [0.05, 0.1) is 0 Å². The van der Waals surface area contributed by atoms with Gasteiger partial charge in [-0.1, -0.05) is 0 Å². The smallest absolute Gasteiger partial charge is 0.327 e. The van der Waals surface area contributed by atoms with Crippen molar-refractivity contribution >= 4 is 53.3 Å². The summed E-state index contributed by atoms with van der Waals surface area (Å²) in [6.45, 7) is 3.28. The van der Waals surface area contributed by atoms with Crippen LogP contribution in [-0.2, 0) is 24.0 Å². The largest absolute Gasteiger partial charge is 0.480 e. The number of carboxylic acids is 2. The van der Waals surface area contributed by atoms with E-state index in [9.17, 15) is 34.2 Å². The maximum atomic E-state index is 12.8. The Bertz CT molecular complexity index is 856. The van der Waals surface area contributed by atoms with Gasteiger partial charge in [-0.05, 0) is 36.2 Å². The number of fused-ring (bicyclic) bond motifs is 1. The Morgan fingerprint density at radius 2 is 2.00 bits per heavy atom. The summed E-state index contributed by atoms with van der Waals surface area (Å²) >= 11 is 2.32. The van der Waals surface area contributed by atoms with Crippen LogP contribution in [0, 0.1) is 0 Å². The molecule has 0 aromatic carbocycles. The number of nitrogens with zero attached hydrogens (tertiary/aromatic N) is 1. The molecular formula is C16H17N3O7S2. The summed E-state index contributed by atoms with van der Waals surface area (Å²) in [7, 11) is 0. The minimum Gasteiger partial charge on any atom is -0.480 e. The number of β-lactam (4-membered cyclic amide) rings is 1. The third kappa shape index (κ3) is 2.83. The van der Waals surface area contributed by atoms with Crippen molar-refractivity contribution in [1.82, 2.24) is 15.5 Å². The number of hydrogen-bond donors (Lipinski definition) is 4. The van der Waals surface area contributed by atoms with E-state index >= 15 is 0 Å². The van der Waals surface area contributed by atoms with Gasteiger partial charge in [0.1, 0.15) is 11.4 Å². The lowest BCUT2D eigenvalue weighted by atomic mass is 9.90. The van der Waals surface area contributed by atoms with Crippen LogP contribution >= 0.6 is 23.1 Å². The van der Waals surface area contributed by atoms with Crippen molar-refractivity contribution in [3.8, 4) is 0 Å². The molecule has 0 spiro atoms. The van der Waals surface area contributed by atoms with E-state index < -0.39 is 51.5 Å². The van der Waals surface area contributed by atoms with Crippen LogP contribution in [0.5, 0.6) is 0 Å². The molecule has 1 aromatic rings. The molecule has 0 radical (unpaired) electrons. The van der Waals surface area contributed by atoms with Gasteiger partial charge in [-0.15, -0.1) is 11.8 Å². The first-order valence-corrected chi connectivity index (χ1v) is 9.90. The number of nitrogens with one attached hydrogen (secondary N) is 2. The number of aliphatic carboxylic acids is 2. The van der Waals surface area contributed by atoms with Gasteiger partial charge in [0.25, 0.3) is 5.91 Å². The topological polar surface area (TPSA) is 153 Å². The normalized spacial score (nSPS) is 28.6. The molecule has 2 fully saturated rings. The van der Waals surface area contributed by atoms with Crippen LogP contribution in [0.25, 0.3) is 0 Å². The van der Waals surface area contributed by atoms with Gasteiger partial charge < -0.3 is 25.7 Å². The summed E-state index contributed by atoms with van der Waals surface area (Å²) in [5, 5.41) is 25.8. The summed E-state index contributed by atoms with van der Waals surface area (Å²) in [5.74, 6) is -5.99. The average molecular weight is 427 g/mol. The van der Waals surface area contributed by atoms with E-state index in [-0.39, 0.29) is 12.0 Å². The molecule has 2 aliphatic rings. The predicted octanol–water partition coefficient (Wildman–Crippen LogP) is -0.378. The van der Waals surface area contributed by atoms with E-state index in [1.807, 2.05) is 0 Å². The summed E-state index contributed by atoms with van der Waals surface area (Å²) in [4.78, 5) is 61.1. The molecular weight excluding hydrogens is 410 g/mol. The summed E-state index contributed by atoms with van der Waals surface area (Å²) in [6.07, 6.45) is 0.220. The second kappa shape index (κ2) is 6.78. The summed E-state index contributed by atoms with van der Waals surface area (Å²) < 4.78 is -0.886. The molecule has 0 bridgehead atoms. The number of rotatable bonds is 7. The number of thiophene rings is 1. The number of amides is 3. The van der Waals surface area contributed by atoms with Crippen LogP contribution in [-0.4, -0.2) is 67.1 Å². The number of hydrogen-bond acceptors (Lipinski definition) is 7. The molecule has 1 aromatic heterocycles. The van der Waals surface area contributed by atoms with Crippen LogP contribution in [0.15, 0.2) is 16.8 Å². The Morgan fingerprint density at radius 3 is 2.50 bits per heavy atom. The van der Waals surface area contributed by atoms with Crippen molar-refractivity contribution in [3.63, 3.8) is 0 Å². The molecule has 150 valence electrons. The number of carbonyl (C=O) groups is 5. The van der Waals surface area contributed by atoms with Crippen molar-refractivity contribution in [2.24, 2.45) is 0 Å². The van der Waals surface area contributed by atoms with Crippen LogP contribution < -0.4 is 10.6 Å². The van der Waals surface area contributed by atoms with Crippen molar-refractivity contribution in [2.45, 2.75) is 41.6 Å². The first kappa shape index (κ1) is 20.1. The van der Waals surface area contributed by atoms with E-state index in [0.717, 1.165) is 16.7 Å². The Kier molecular flexibility index (Phi) is 4.88. The maximum Gasteiger partial charge on any atom is 0.327 e. The molecule has 2 aliphatic heterocycles. The zero-order valence-electron chi connectivity index (χ0n) is 14.7. The molecule has 4 atom stereocenters. The molecule has 3 heterocycles. The highest BCUT2D eigenvalue weighted by Gasteiger charge is 2.72. The van der Waals surface area contributed by atoms with Gasteiger partial charge in [-0.2, -0.15) is 11.3 Å². The van der Waals surface area contributed by atoms with Gasteiger partial charge in [0.2, 0.25) is 18.0 Å². The molecule has 2 saturated heterocycles. The molecule has 4 N–H and O–H groups in total. The van der Waals surface area contributed by atoms with Gasteiger partial charge in [-0.3, -0.25) is 19.2 Å². The SMILES string of the molecule is CC1(C)S[C@H]2N(C(=O)[C@@]2(NC=O)NC(=O)C(C(=O)O)c2ccsc2)[C@H]1C(=O)O. The Labute approximate surface area is 167 Å². The molecule has 3 amide bonds. The van der Waals surface area contributed by atoms with Crippen molar-refractivity contribution in [1.29, 1.82) is 0 Å². The van der Waals surface area contributed by atoms with E-state index in [4.69, 9.17) is 0 Å². The van der Waals surface area contributed by atoms with Gasteiger partial charge in [-0.25, -0.2) is 4.79 Å². The zero-order chi connectivity index (χ0) is 20.9. The van der Waals surface area contributed by atoms with E-state index in [0.29, 0.717) is 0 Å². The lowest BCUT2D eigenvalue weighted by Crippen LogP contribution is -2.85. The Morgan fingerprint density at radius 1 is 1.32 bits per heavy atom. The quantitative estimate of drug-likeness (QED) is 0.199. The maximum absolute atomic E-state index is 12.8. The van der Waals surface area contributed by atoms with Crippen LogP contribution in [0.2, 0.25) is 0 Å². The molecule has 3 rings (SSSR count). The van der Waals surface area contributed by atoms with Gasteiger partial charge in [0.15, 0.2) is 5.92 Å². The van der Waals surface area contributed by atoms with Crippen molar-refractivity contribution in [2.75, 3.05) is 0 Å². The molecule has 1 unspecified atom stereocenters. The van der Waals surface area contributed by atoms with Gasteiger partial charge >= 0.3 is 11.9 Å². The highest BCUT2D eigenvalue weighted by molar-refractivity contribution is 8.01. The molecule has 12 heteroatoms. The molecule has 0 saturated carbocycles. The summed E-state index contributed by atoms with van der Waals surface area (Å²) in [6, 6.07) is 0.326. The number of thioether (sulfide) groups is 1. The van der Waals surface area contributed by atoms with E-state index in [2.05, 4.69) is 10.6 Å². The third-order valence-electron chi connectivity index (χ3n) is 4.77. The molecule has 0 aliphatic carbocycles. The minimum atomic E-state index is -1.91. The van der Waals surface area contributed by atoms with Crippen molar-refractivity contribution in [3.05, 3.63) is 22.4 Å². The fraction of sp³-hybridized carbons (Fsp3) is 0.438. The lowest BCUT2D eigenvalue weighted by Gasteiger charge is -2.52. The highest BCUT2D eigenvalue weighted by Crippen LogP contribution is 2.54. The average Bonchev–Trinajstić information content (AvgIpc) is 3.18. The van der Waals surface area contributed by atoms with Gasteiger partial charge in [0, 0.05) is 4.75 Å². The third-order valence-corrected chi connectivity index (χ3v) is 7.11. The Hall–Kier alpha value is -2.60. The first-order valence-electron chi connectivity index (χ1n) is 8.08. The molecule has 28 heavy (non-hydrogen) atoms. The fourth-order valence-electron chi connectivity index (χ4n) is 3.55. The highest BCUT2D eigenvalue weighted by atomic mass is 32.2. The molecule has 10 nitrogen and oxygen atoms in total. The van der Waals surface area contributed by atoms with Crippen LogP contribution in [0.1, 0.15) is 25.3 Å². The second-order valence-electron chi connectivity index (χ2n) is 6.91. The second-order valence-corrected chi connectivity index (χ2v) is 9.43. The van der Waals surface area contributed by atoms with Crippen LogP contribution in [0.4, 0.5) is 0 Å². The van der Waals surface area contributed by atoms with Crippen molar-refractivity contribution < 1.29 is 34.2 Å². The monoisotopic (exact) mass is 427 g/mol. The fourth-order valence-corrected chi connectivity index (χ4v) is 5.89.